The van der Waals surface area contributed by atoms with Gasteiger partial charge in [-0.15, -0.1) is 0 Å². The van der Waals surface area contributed by atoms with E-state index in [-0.39, 0.29) is 6.04 Å². The van der Waals surface area contributed by atoms with E-state index in [0.29, 0.717) is 5.92 Å². The lowest BCUT2D eigenvalue weighted by atomic mass is 9.95. The molecule has 1 atom stereocenters. The molecule has 1 N–H and O–H groups in total. The highest BCUT2D eigenvalue weighted by molar-refractivity contribution is 9.10. The zero-order valence-corrected chi connectivity index (χ0v) is 14.9. The van der Waals surface area contributed by atoms with Crippen LogP contribution in [0.3, 0.4) is 0 Å². The minimum atomic E-state index is 0.215. The molecule has 0 aliphatic rings. The van der Waals surface area contributed by atoms with E-state index in [1.165, 1.54) is 26.7 Å². The van der Waals surface area contributed by atoms with Crippen LogP contribution in [0, 0.1) is 12.8 Å². The molecule has 0 aliphatic carbocycles. The molecule has 1 unspecified atom stereocenters. The van der Waals surface area contributed by atoms with Crippen LogP contribution in [0.15, 0.2) is 46.9 Å². The minimum absolute atomic E-state index is 0.215. The van der Waals surface area contributed by atoms with E-state index >= 15 is 0 Å². The van der Waals surface area contributed by atoms with Crippen molar-refractivity contribution in [2.24, 2.45) is 5.92 Å². The molecule has 21 heavy (non-hydrogen) atoms. The molecular formula is C19H24BrN. The van der Waals surface area contributed by atoms with Crippen LogP contribution in [0.2, 0.25) is 0 Å². The second-order valence-corrected chi connectivity index (χ2v) is 6.83. The summed E-state index contributed by atoms with van der Waals surface area (Å²) in [5.74, 6) is 0.696. The molecule has 0 amide bonds. The molecule has 0 aromatic heterocycles. The van der Waals surface area contributed by atoms with Gasteiger partial charge >= 0.3 is 0 Å². The smallest absolute Gasteiger partial charge is 0.0585 e. The summed E-state index contributed by atoms with van der Waals surface area (Å²) in [6.45, 7) is 6.65. The maximum Gasteiger partial charge on any atom is 0.0585 e. The molecule has 2 aromatic carbocycles. The van der Waals surface area contributed by atoms with Gasteiger partial charge in [0.15, 0.2) is 0 Å². The summed E-state index contributed by atoms with van der Waals surface area (Å²) >= 11 is 3.73. The fraction of sp³-hybridized carbons (Fsp3) is 0.368. The Hall–Kier alpha value is -1.12. The van der Waals surface area contributed by atoms with Crippen LogP contribution in [0.1, 0.15) is 42.1 Å². The molecule has 2 rings (SSSR count). The first kappa shape index (κ1) is 16.3. The Balaban J connectivity index is 2.31. The molecule has 0 saturated carbocycles. The summed E-state index contributed by atoms with van der Waals surface area (Å²) in [5, 5.41) is 3.43. The van der Waals surface area contributed by atoms with Crippen molar-refractivity contribution in [3.05, 3.63) is 69.2 Å². The Kier molecular flexibility index (Phi) is 5.60. The average molecular weight is 346 g/mol. The summed E-state index contributed by atoms with van der Waals surface area (Å²) in [4.78, 5) is 0. The van der Waals surface area contributed by atoms with Crippen LogP contribution in [0.4, 0.5) is 0 Å². The SMILES string of the molecule is CNC(c1ccc(CC(C)C)cc1)c1cccc(C)c1Br. The van der Waals surface area contributed by atoms with Crippen molar-refractivity contribution in [1.29, 1.82) is 0 Å². The van der Waals surface area contributed by atoms with Crippen LogP contribution in [0.25, 0.3) is 0 Å². The van der Waals surface area contributed by atoms with Crippen molar-refractivity contribution in [3.8, 4) is 0 Å². The monoisotopic (exact) mass is 345 g/mol. The van der Waals surface area contributed by atoms with Gasteiger partial charge < -0.3 is 5.32 Å². The normalized spacial score (nSPS) is 12.7. The van der Waals surface area contributed by atoms with Gasteiger partial charge in [-0.2, -0.15) is 0 Å². The van der Waals surface area contributed by atoms with Crippen LogP contribution < -0.4 is 5.32 Å². The highest BCUT2D eigenvalue weighted by atomic mass is 79.9. The zero-order valence-electron chi connectivity index (χ0n) is 13.3. The number of benzene rings is 2. The van der Waals surface area contributed by atoms with E-state index < -0.39 is 0 Å². The van der Waals surface area contributed by atoms with Gasteiger partial charge in [-0.1, -0.05) is 72.2 Å². The Bertz CT molecular complexity index is 587. The van der Waals surface area contributed by atoms with E-state index in [1.54, 1.807) is 0 Å². The summed E-state index contributed by atoms with van der Waals surface area (Å²) in [6.07, 6.45) is 1.14. The standard InChI is InChI=1S/C19H24BrN/c1-13(2)12-15-8-10-16(11-9-15)19(21-4)17-7-5-6-14(3)18(17)20/h5-11,13,19,21H,12H2,1-4H3. The van der Waals surface area contributed by atoms with E-state index in [9.17, 15) is 0 Å². The fourth-order valence-electron chi connectivity index (χ4n) is 2.71. The lowest BCUT2D eigenvalue weighted by Crippen LogP contribution is -2.18. The summed E-state index contributed by atoms with van der Waals surface area (Å²) in [6, 6.07) is 15.6. The van der Waals surface area contributed by atoms with Crippen molar-refractivity contribution in [3.63, 3.8) is 0 Å². The van der Waals surface area contributed by atoms with Gasteiger partial charge in [0.2, 0.25) is 0 Å². The van der Waals surface area contributed by atoms with Crippen LogP contribution in [-0.4, -0.2) is 7.05 Å². The van der Waals surface area contributed by atoms with E-state index in [4.69, 9.17) is 0 Å². The van der Waals surface area contributed by atoms with E-state index in [2.05, 4.69) is 84.5 Å². The van der Waals surface area contributed by atoms with Crippen molar-refractivity contribution >= 4 is 15.9 Å². The molecule has 0 heterocycles. The van der Waals surface area contributed by atoms with Crippen molar-refractivity contribution in [1.82, 2.24) is 5.32 Å². The molecule has 0 radical (unpaired) electrons. The fourth-order valence-corrected chi connectivity index (χ4v) is 3.21. The largest absolute Gasteiger partial charge is 0.309 e. The second kappa shape index (κ2) is 7.24. The van der Waals surface area contributed by atoms with Crippen LogP contribution in [0.5, 0.6) is 0 Å². The topological polar surface area (TPSA) is 12.0 Å². The summed E-state index contributed by atoms with van der Waals surface area (Å²) in [7, 11) is 2.02. The van der Waals surface area contributed by atoms with Gasteiger partial charge in [-0.3, -0.25) is 0 Å². The first-order valence-corrected chi connectivity index (χ1v) is 8.33. The summed E-state index contributed by atoms with van der Waals surface area (Å²) in [5.41, 5.74) is 5.27. The highest BCUT2D eigenvalue weighted by Gasteiger charge is 2.15. The molecule has 112 valence electrons. The quantitative estimate of drug-likeness (QED) is 0.778. The average Bonchev–Trinajstić information content (AvgIpc) is 2.45. The van der Waals surface area contributed by atoms with Crippen LogP contribution in [-0.2, 0) is 6.42 Å². The molecule has 0 bridgehead atoms. The van der Waals surface area contributed by atoms with Crippen molar-refractivity contribution in [2.75, 3.05) is 7.05 Å². The Morgan fingerprint density at radius 1 is 1.05 bits per heavy atom. The molecule has 0 aliphatic heterocycles. The predicted molar refractivity (Wildman–Crippen MR) is 94.8 cm³/mol. The number of halogens is 1. The van der Waals surface area contributed by atoms with Crippen molar-refractivity contribution in [2.45, 2.75) is 33.2 Å². The second-order valence-electron chi connectivity index (χ2n) is 6.04. The Morgan fingerprint density at radius 3 is 2.29 bits per heavy atom. The van der Waals surface area contributed by atoms with Crippen LogP contribution >= 0.6 is 15.9 Å². The Labute approximate surface area is 136 Å². The van der Waals surface area contributed by atoms with Gasteiger partial charge in [-0.25, -0.2) is 0 Å². The molecule has 2 heteroatoms. The number of hydrogen-bond acceptors (Lipinski definition) is 1. The van der Waals surface area contributed by atoms with E-state index in [0.717, 1.165) is 6.42 Å². The number of rotatable bonds is 5. The zero-order chi connectivity index (χ0) is 15.4. The molecule has 0 saturated heterocycles. The molecule has 0 fully saturated rings. The van der Waals surface area contributed by atoms with Gasteiger partial charge in [0.1, 0.15) is 0 Å². The van der Waals surface area contributed by atoms with Crippen molar-refractivity contribution < 1.29 is 0 Å². The number of hydrogen-bond donors (Lipinski definition) is 1. The maximum atomic E-state index is 3.73. The Morgan fingerprint density at radius 2 is 1.71 bits per heavy atom. The molecule has 1 nitrogen and oxygen atoms in total. The minimum Gasteiger partial charge on any atom is -0.309 e. The third kappa shape index (κ3) is 3.96. The third-order valence-electron chi connectivity index (χ3n) is 3.78. The molecule has 0 spiro atoms. The number of nitrogens with one attached hydrogen (secondary N) is 1. The predicted octanol–water partition coefficient (Wildman–Crippen LogP) is 5.26. The van der Waals surface area contributed by atoms with E-state index in [1.807, 2.05) is 7.05 Å². The number of aryl methyl sites for hydroxylation is 1. The van der Waals surface area contributed by atoms with Gasteiger partial charge in [0.25, 0.3) is 0 Å². The van der Waals surface area contributed by atoms with Gasteiger partial charge in [0, 0.05) is 4.47 Å². The van der Waals surface area contributed by atoms with Gasteiger partial charge in [-0.05, 0) is 48.6 Å². The summed E-state index contributed by atoms with van der Waals surface area (Å²) < 4.78 is 1.19. The lowest BCUT2D eigenvalue weighted by molar-refractivity contribution is 0.645. The third-order valence-corrected chi connectivity index (χ3v) is 4.86. The van der Waals surface area contributed by atoms with Gasteiger partial charge in [0.05, 0.1) is 6.04 Å². The maximum absolute atomic E-state index is 3.73. The highest BCUT2D eigenvalue weighted by Crippen LogP contribution is 2.30. The molecule has 2 aromatic rings. The first-order valence-electron chi connectivity index (χ1n) is 7.54. The lowest BCUT2D eigenvalue weighted by Gasteiger charge is -2.20. The first-order chi connectivity index (χ1) is 10.0. The molecular weight excluding hydrogens is 322 g/mol.